The van der Waals surface area contributed by atoms with Crippen LogP contribution < -0.4 is 10.2 Å². The lowest BCUT2D eigenvalue weighted by Gasteiger charge is -2.09. The molecule has 2 aromatic carbocycles. The van der Waals surface area contributed by atoms with Gasteiger partial charge in [0.2, 0.25) is 0 Å². The van der Waals surface area contributed by atoms with Gasteiger partial charge in [-0.1, -0.05) is 46.3 Å². The Hall–Kier alpha value is -3.06. The number of carbonyl (C=O) groups excluding carboxylic acids is 1. The number of benzene rings is 2. The number of carbonyl (C=O) groups is 1. The average Bonchev–Trinajstić information content (AvgIpc) is 2.69. The van der Waals surface area contributed by atoms with Gasteiger partial charge >= 0.3 is 0 Å². The molecular formula is C19H15BrN4O2. The SMILES string of the molecule is O=C(N/N=C/c1cc(Br)ccc1OCc1ccccc1)c1cnccn1. The molecule has 0 spiro atoms. The lowest BCUT2D eigenvalue weighted by Crippen LogP contribution is -2.19. The molecule has 0 radical (unpaired) electrons. The molecule has 130 valence electrons. The van der Waals surface area contributed by atoms with E-state index in [4.69, 9.17) is 4.74 Å². The first-order valence-electron chi connectivity index (χ1n) is 7.78. The Morgan fingerprint density at radius 3 is 2.81 bits per heavy atom. The molecule has 0 saturated heterocycles. The van der Waals surface area contributed by atoms with Crippen LogP contribution in [0.15, 0.2) is 76.7 Å². The number of amides is 1. The molecule has 1 N–H and O–H groups in total. The molecule has 0 aliphatic heterocycles. The third-order valence-electron chi connectivity index (χ3n) is 3.37. The van der Waals surface area contributed by atoms with Crippen LogP contribution in [0.25, 0.3) is 0 Å². The zero-order chi connectivity index (χ0) is 18.2. The van der Waals surface area contributed by atoms with Crippen molar-refractivity contribution in [1.29, 1.82) is 0 Å². The second-order valence-corrected chi connectivity index (χ2v) is 6.16. The molecule has 0 aliphatic carbocycles. The monoisotopic (exact) mass is 410 g/mol. The number of nitrogens with one attached hydrogen (secondary N) is 1. The largest absolute Gasteiger partial charge is 0.488 e. The van der Waals surface area contributed by atoms with Crippen LogP contribution in [0.1, 0.15) is 21.6 Å². The highest BCUT2D eigenvalue weighted by molar-refractivity contribution is 9.10. The minimum Gasteiger partial charge on any atom is -0.488 e. The van der Waals surface area contributed by atoms with Gasteiger partial charge in [-0.25, -0.2) is 10.4 Å². The number of hydrogen-bond acceptors (Lipinski definition) is 5. The summed E-state index contributed by atoms with van der Waals surface area (Å²) in [6.45, 7) is 0.440. The van der Waals surface area contributed by atoms with Crippen LogP contribution in [-0.4, -0.2) is 22.1 Å². The first-order chi connectivity index (χ1) is 12.7. The Balaban J connectivity index is 1.68. The van der Waals surface area contributed by atoms with E-state index < -0.39 is 5.91 Å². The third kappa shape index (κ3) is 4.97. The number of halogens is 1. The zero-order valence-electron chi connectivity index (χ0n) is 13.7. The van der Waals surface area contributed by atoms with Crippen molar-refractivity contribution in [1.82, 2.24) is 15.4 Å². The minimum absolute atomic E-state index is 0.194. The molecule has 7 heteroatoms. The third-order valence-corrected chi connectivity index (χ3v) is 3.87. The number of aromatic nitrogens is 2. The minimum atomic E-state index is -0.434. The molecule has 6 nitrogen and oxygen atoms in total. The topological polar surface area (TPSA) is 76.5 Å². The lowest BCUT2D eigenvalue weighted by molar-refractivity contribution is 0.0949. The molecule has 0 fully saturated rings. The normalized spacial score (nSPS) is 10.7. The molecule has 0 bridgehead atoms. The van der Waals surface area contributed by atoms with Crippen molar-refractivity contribution in [3.05, 3.63) is 88.4 Å². The van der Waals surface area contributed by atoms with E-state index in [2.05, 4.69) is 36.4 Å². The Bertz CT molecular complexity index is 902. The predicted octanol–water partition coefficient (Wildman–Crippen LogP) is 3.58. The summed E-state index contributed by atoms with van der Waals surface area (Å²) in [6.07, 6.45) is 5.85. The van der Waals surface area contributed by atoms with Gasteiger partial charge in [0, 0.05) is 22.4 Å². The van der Waals surface area contributed by atoms with Gasteiger partial charge < -0.3 is 4.74 Å². The van der Waals surface area contributed by atoms with Gasteiger partial charge in [-0.2, -0.15) is 5.10 Å². The summed E-state index contributed by atoms with van der Waals surface area (Å²) >= 11 is 3.43. The van der Waals surface area contributed by atoms with Crippen molar-refractivity contribution in [3.63, 3.8) is 0 Å². The Morgan fingerprint density at radius 1 is 1.19 bits per heavy atom. The van der Waals surface area contributed by atoms with Crippen LogP contribution in [-0.2, 0) is 6.61 Å². The summed E-state index contributed by atoms with van der Waals surface area (Å²) in [7, 11) is 0. The highest BCUT2D eigenvalue weighted by Gasteiger charge is 2.06. The van der Waals surface area contributed by atoms with E-state index in [1.807, 2.05) is 48.5 Å². The van der Waals surface area contributed by atoms with Crippen molar-refractivity contribution >= 4 is 28.1 Å². The maximum Gasteiger partial charge on any atom is 0.291 e. The zero-order valence-corrected chi connectivity index (χ0v) is 15.3. The predicted molar refractivity (Wildman–Crippen MR) is 102 cm³/mol. The Kier molecular flexibility index (Phi) is 6.05. The second kappa shape index (κ2) is 8.87. The highest BCUT2D eigenvalue weighted by Crippen LogP contribution is 2.22. The molecule has 0 atom stereocenters. The molecule has 1 aromatic heterocycles. The first-order valence-corrected chi connectivity index (χ1v) is 8.57. The summed E-state index contributed by atoms with van der Waals surface area (Å²) in [5.74, 6) is 0.227. The molecule has 0 aliphatic rings. The molecule has 26 heavy (non-hydrogen) atoms. The van der Waals surface area contributed by atoms with E-state index >= 15 is 0 Å². The second-order valence-electron chi connectivity index (χ2n) is 5.25. The van der Waals surface area contributed by atoms with E-state index in [0.29, 0.717) is 12.4 Å². The first kappa shape index (κ1) is 17.8. The molecule has 3 aromatic rings. The number of hydrazone groups is 1. The Labute approximate surface area is 159 Å². The van der Waals surface area contributed by atoms with E-state index in [1.165, 1.54) is 24.8 Å². The van der Waals surface area contributed by atoms with Crippen LogP contribution in [0.3, 0.4) is 0 Å². The molecular weight excluding hydrogens is 396 g/mol. The maximum absolute atomic E-state index is 11.9. The Morgan fingerprint density at radius 2 is 2.04 bits per heavy atom. The summed E-state index contributed by atoms with van der Waals surface area (Å²) in [6, 6.07) is 15.5. The number of rotatable bonds is 6. The number of nitrogens with zero attached hydrogens (tertiary/aromatic N) is 3. The van der Waals surface area contributed by atoms with E-state index in [-0.39, 0.29) is 5.69 Å². The van der Waals surface area contributed by atoms with E-state index in [9.17, 15) is 4.79 Å². The van der Waals surface area contributed by atoms with Gasteiger partial charge in [0.25, 0.3) is 5.91 Å². The average molecular weight is 411 g/mol. The summed E-state index contributed by atoms with van der Waals surface area (Å²) < 4.78 is 6.75. The van der Waals surface area contributed by atoms with Crippen LogP contribution >= 0.6 is 15.9 Å². The van der Waals surface area contributed by atoms with Gasteiger partial charge in [0.05, 0.1) is 12.4 Å². The lowest BCUT2D eigenvalue weighted by atomic mass is 10.2. The van der Waals surface area contributed by atoms with Crippen LogP contribution in [0.5, 0.6) is 5.75 Å². The summed E-state index contributed by atoms with van der Waals surface area (Å²) in [5, 5.41) is 3.98. The fraction of sp³-hybridized carbons (Fsp3) is 0.0526. The number of ether oxygens (including phenoxy) is 1. The van der Waals surface area contributed by atoms with Crippen molar-refractivity contribution in [2.45, 2.75) is 6.61 Å². The molecule has 1 amide bonds. The maximum atomic E-state index is 11.9. The van der Waals surface area contributed by atoms with Crippen LogP contribution in [0.2, 0.25) is 0 Å². The molecule has 0 saturated carbocycles. The summed E-state index contributed by atoms with van der Waals surface area (Å²) in [4.78, 5) is 19.7. The highest BCUT2D eigenvalue weighted by atomic mass is 79.9. The summed E-state index contributed by atoms with van der Waals surface area (Å²) in [5.41, 5.74) is 4.41. The van der Waals surface area contributed by atoms with Gasteiger partial charge in [0.15, 0.2) is 0 Å². The van der Waals surface area contributed by atoms with Gasteiger partial charge in [-0.3, -0.25) is 9.78 Å². The van der Waals surface area contributed by atoms with Gasteiger partial charge in [-0.05, 0) is 23.8 Å². The fourth-order valence-corrected chi connectivity index (χ4v) is 2.50. The van der Waals surface area contributed by atoms with Gasteiger partial charge in [0.1, 0.15) is 18.1 Å². The number of hydrogen-bond donors (Lipinski definition) is 1. The van der Waals surface area contributed by atoms with Crippen LogP contribution in [0, 0.1) is 0 Å². The molecule has 1 heterocycles. The van der Waals surface area contributed by atoms with Crippen molar-refractivity contribution < 1.29 is 9.53 Å². The van der Waals surface area contributed by atoms with E-state index in [1.54, 1.807) is 0 Å². The quantitative estimate of drug-likeness (QED) is 0.497. The standard InChI is InChI=1S/C19H15BrN4O2/c20-16-6-7-18(26-13-14-4-2-1-3-5-14)15(10-16)11-23-24-19(25)17-12-21-8-9-22-17/h1-12H,13H2,(H,24,25)/b23-11+. The van der Waals surface area contributed by atoms with E-state index in [0.717, 1.165) is 15.6 Å². The molecule has 0 unspecified atom stereocenters. The van der Waals surface area contributed by atoms with Crippen LogP contribution in [0.4, 0.5) is 0 Å². The van der Waals surface area contributed by atoms with Crippen molar-refractivity contribution in [2.75, 3.05) is 0 Å². The van der Waals surface area contributed by atoms with Crippen molar-refractivity contribution in [2.24, 2.45) is 5.10 Å². The fourth-order valence-electron chi connectivity index (χ4n) is 2.12. The smallest absolute Gasteiger partial charge is 0.291 e. The molecule has 3 rings (SSSR count). The van der Waals surface area contributed by atoms with Crippen molar-refractivity contribution in [3.8, 4) is 5.75 Å². The van der Waals surface area contributed by atoms with Gasteiger partial charge in [-0.15, -0.1) is 0 Å².